The van der Waals surface area contributed by atoms with Crippen molar-refractivity contribution < 1.29 is 0 Å². The Morgan fingerprint density at radius 2 is 2.10 bits per heavy atom. The topological polar surface area (TPSA) is 12.0 Å². The highest BCUT2D eigenvalue weighted by Gasteiger charge is 1.88. The summed E-state index contributed by atoms with van der Waals surface area (Å²) in [6.07, 6.45) is 4.00. The van der Waals surface area contributed by atoms with Crippen LogP contribution in [0, 0.1) is 5.92 Å². The molecule has 0 bridgehead atoms. The Morgan fingerprint density at radius 3 is 2.60 bits per heavy atom. The first kappa shape index (κ1) is 9.99. The summed E-state index contributed by atoms with van der Waals surface area (Å²) >= 11 is 5.43. The fourth-order valence-electron chi connectivity index (χ4n) is 0.602. The van der Waals surface area contributed by atoms with Crippen LogP contribution in [0.2, 0.25) is 0 Å². The lowest BCUT2D eigenvalue weighted by Gasteiger charge is -2.03. The van der Waals surface area contributed by atoms with Crippen molar-refractivity contribution in [3.05, 3.63) is 12.2 Å². The molecule has 0 amide bonds. The summed E-state index contributed by atoms with van der Waals surface area (Å²) in [5.74, 6) is 1.34. The Kier molecular flexibility index (Phi) is 7.09. The van der Waals surface area contributed by atoms with Gasteiger partial charge < -0.3 is 5.32 Å². The van der Waals surface area contributed by atoms with Crippen LogP contribution < -0.4 is 5.32 Å². The van der Waals surface area contributed by atoms with E-state index in [2.05, 4.69) is 25.2 Å². The molecule has 0 radical (unpaired) electrons. The van der Waals surface area contributed by atoms with Gasteiger partial charge in [0.15, 0.2) is 0 Å². The van der Waals surface area contributed by atoms with E-state index in [1.54, 1.807) is 0 Å². The van der Waals surface area contributed by atoms with Gasteiger partial charge in [0.1, 0.15) is 0 Å². The molecule has 0 heterocycles. The number of allylic oxidation sites excluding steroid dienone is 1. The third-order valence-corrected chi connectivity index (χ3v) is 1.25. The van der Waals surface area contributed by atoms with Crippen LogP contribution in [-0.2, 0) is 0 Å². The Balaban J connectivity index is 2.97. The van der Waals surface area contributed by atoms with E-state index in [0.717, 1.165) is 19.0 Å². The van der Waals surface area contributed by atoms with Crippen molar-refractivity contribution in [3.8, 4) is 0 Å². The molecule has 0 spiro atoms. The molecule has 0 rings (SSSR count). The Labute approximate surface area is 68.5 Å². The zero-order chi connectivity index (χ0) is 7.82. The average Bonchev–Trinajstić information content (AvgIpc) is 1.87. The second kappa shape index (κ2) is 7.10. The van der Waals surface area contributed by atoms with Crippen molar-refractivity contribution in [2.24, 2.45) is 5.92 Å². The predicted molar refractivity (Wildman–Crippen MR) is 47.6 cm³/mol. The highest BCUT2D eigenvalue weighted by atomic mass is 35.5. The minimum Gasteiger partial charge on any atom is -0.313 e. The minimum absolute atomic E-state index is 0.614. The third kappa shape index (κ3) is 7.99. The molecule has 0 unspecified atom stereocenters. The van der Waals surface area contributed by atoms with Gasteiger partial charge in [-0.3, -0.25) is 0 Å². The van der Waals surface area contributed by atoms with Crippen LogP contribution in [-0.4, -0.2) is 19.0 Å². The molecule has 0 aliphatic carbocycles. The lowest BCUT2D eigenvalue weighted by atomic mass is 10.2. The molecular formula is C8H16ClN. The molecule has 0 saturated carbocycles. The van der Waals surface area contributed by atoms with E-state index >= 15 is 0 Å². The van der Waals surface area contributed by atoms with Crippen LogP contribution in [0.25, 0.3) is 0 Å². The number of halogens is 1. The summed E-state index contributed by atoms with van der Waals surface area (Å²) in [5.41, 5.74) is 0. The van der Waals surface area contributed by atoms with Gasteiger partial charge in [-0.2, -0.15) is 0 Å². The van der Waals surface area contributed by atoms with Crippen molar-refractivity contribution in [1.29, 1.82) is 0 Å². The van der Waals surface area contributed by atoms with E-state index in [0.29, 0.717) is 5.88 Å². The van der Waals surface area contributed by atoms with E-state index in [1.165, 1.54) is 0 Å². The molecular weight excluding hydrogens is 146 g/mol. The maximum Gasteiger partial charge on any atom is 0.0404 e. The molecule has 0 fully saturated rings. The third-order valence-electron chi connectivity index (χ3n) is 1.07. The SMILES string of the molecule is CC(C)CNC/C=C/CCl. The van der Waals surface area contributed by atoms with Gasteiger partial charge in [-0.15, -0.1) is 11.6 Å². The second-order valence-electron chi connectivity index (χ2n) is 2.68. The number of alkyl halides is 1. The fraction of sp³-hybridized carbons (Fsp3) is 0.750. The Bertz CT molecular complexity index is 89.3. The van der Waals surface area contributed by atoms with Crippen LogP contribution >= 0.6 is 11.6 Å². The standard InChI is InChI=1S/C8H16ClN/c1-8(2)7-10-6-4-3-5-9/h3-4,8,10H,5-7H2,1-2H3/b4-3+. The van der Waals surface area contributed by atoms with Gasteiger partial charge in [-0.25, -0.2) is 0 Å². The van der Waals surface area contributed by atoms with Gasteiger partial charge in [0.2, 0.25) is 0 Å². The zero-order valence-corrected chi connectivity index (χ0v) is 7.49. The monoisotopic (exact) mass is 161 g/mol. The number of hydrogen-bond acceptors (Lipinski definition) is 1. The minimum atomic E-state index is 0.614. The largest absolute Gasteiger partial charge is 0.313 e. The lowest BCUT2D eigenvalue weighted by molar-refractivity contribution is 0.577. The molecule has 0 aliphatic rings. The summed E-state index contributed by atoms with van der Waals surface area (Å²) in [6.45, 7) is 6.40. The van der Waals surface area contributed by atoms with Gasteiger partial charge in [0.25, 0.3) is 0 Å². The summed E-state index contributed by atoms with van der Waals surface area (Å²) in [5, 5.41) is 3.27. The molecule has 2 heteroatoms. The second-order valence-corrected chi connectivity index (χ2v) is 2.99. The Hall–Kier alpha value is -0.0100. The van der Waals surface area contributed by atoms with Crippen molar-refractivity contribution in [2.45, 2.75) is 13.8 Å². The van der Waals surface area contributed by atoms with Crippen molar-refractivity contribution in [1.82, 2.24) is 5.32 Å². The number of nitrogens with one attached hydrogen (secondary N) is 1. The molecule has 0 aromatic heterocycles. The van der Waals surface area contributed by atoms with Gasteiger partial charge in [0.05, 0.1) is 0 Å². The first-order valence-corrected chi connectivity index (χ1v) is 4.22. The maximum atomic E-state index is 5.43. The molecule has 1 N–H and O–H groups in total. The maximum absolute atomic E-state index is 5.43. The van der Waals surface area contributed by atoms with Crippen molar-refractivity contribution >= 4 is 11.6 Å². The molecule has 0 aromatic rings. The van der Waals surface area contributed by atoms with Crippen LogP contribution in [0.4, 0.5) is 0 Å². The number of hydrogen-bond donors (Lipinski definition) is 1. The molecule has 0 aromatic carbocycles. The lowest BCUT2D eigenvalue weighted by Crippen LogP contribution is -2.19. The van der Waals surface area contributed by atoms with Gasteiger partial charge >= 0.3 is 0 Å². The Morgan fingerprint density at radius 1 is 1.40 bits per heavy atom. The van der Waals surface area contributed by atoms with Gasteiger partial charge in [-0.1, -0.05) is 26.0 Å². The normalized spacial score (nSPS) is 11.6. The summed E-state index contributed by atoms with van der Waals surface area (Å²) in [4.78, 5) is 0. The summed E-state index contributed by atoms with van der Waals surface area (Å²) in [6, 6.07) is 0. The van der Waals surface area contributed by atoms with E-state index in [-0.39, 0.29) is 0 Å². The molecule has 1 nitrogen and oxygen atoms in total. The first-order chi connectivity index (χ1) is 4.77. The smallest absolute Gasteiger partial charge is 0.0404 e. The summed E-state index contributed by atoms with van der Waals surface area (Å²) < 4.78 is 0. The van der Waals surface area contributed by atoms with E-state index < -0.39 is 0 Å². The van der Waals surface area contributed by atoms with Crippen LogP contribution in [0.5, 0.6) is 0 Å². The quantitative estimate of drug-likeness (QED) is 0.370. The van der Waals surface area contributed by atoms with Crippen LogP contribution in [0.3, 0.4) is 0 Å². The number of rotatable bonds is 5. The zero-order valence-electron chi connectivity index (χ0n) is 6.73. The van der Waals surface area contributed by atoms with Gasteiger partial charge in [0, 0.05) is 12.4 Å². The summed E-state index contributed by atoms with van der Waals surface area (Å²) in [7, 11) is 0. The van der Waals surface area contributed by atoms with Gasteiger partial charge in [-0.05, 0) is 12.5 Å². The molecule has 0 atom stereocenters. The molecule has 10 heavy (non-hydrogen) atoms. The van der Waals surface area contributed by atoms with Crippen molar-refractivity contribution in [2.75, 3.05) is 19.0 Å². The van der Waals surface area contributed by atoms with Crippen molar-refractivity contribution in [3.63, 3.8) is 0 Å². The van der Waals surface area contributed by atoms with Crippen LogP contribution in [0.15, 0.2) is 12.2 Å². The van der Waals surface area contributed by atoms with E-state index in [4.69, 9.17) is 11.6 Å². The fourth-order valence-corrected chi connectivity index (χ4v) is 0.728. The highest BCUT2D eigenvalue weighted by Crippen LogP contribution is 1.86. The predicted octanol–water partition coefficient (Wildman–Crippen LogP) is 2.03. The molecule has 0 saturated heterocycles. The highest BCUT2D eigenvalue weighted by molar-refractivity contribution is 6.18. The molecule has 60 valence electrons. The average molecular weight is 162 g/mol. The van der Waals surface area contributed by atoms with E-state index in [9.17, 15) is 0 Å². The first-order valence-electron chi connectivity index (χ1n) is 3.69. The van der Waals surface area contributed by atoms with Crippen LogP contribution in [0.1, 0.15) is 13.8 Å². The van der Waals surface area contributed by atoms with E-state index in [1.807, 2.05) is 6.08 Å². The molecule has 0 aliphatic heterocycles.